The number of ketones is 2. The Balaban J connectivity index is 2.38. The van der Waals surface area contributed by atoms with E-state index in [2.05, 4.69) is 4.98 Å². The zero-order valence-electron chi connectivity index (χ0n) is 11.4. The maximum atomic E-state index is 12.5. The van der Waals surface area contributed by atoms with Crippen LogP contribution < -0.4 is 14.9 Å². The molecule has 0 fully saturated rings. The van der Waals surface area contributed by atoms with Crippen LogP contribution in [-0.4, -0.2) is 30.8 Å². The highest BCUT2D eigenvalue weighted by Crippen LogP contribution is 2.29. The largest absolute Gasteiger partial charge is 0.488 e. The van der Waals surface area contributed by atoms with Gasteiger partial charge in [-0.2, -0.15) is 0 Å². The van der Waals surface area contributed by atoms with E-state index in [4.69, 9.17) is 9.47 Å². The fourth-order valence-electron chi connectivity index (χ4n) is 2.43. The maximum absolute atomic E-state index is 12.5. The molecule has 0 radical (unpaired) electrons. The summed E-state index contributed by atoms with van der Waals surface area (Å²) in [5.41, 5.74) is -0.459. The van der Waals surface area contributed by atoms with Crippen molar-refractivity contribution < 1.29 is 19.1 Å². The second-order valence-corrected chi connectivity index (χ2v) is 4.47. The lowest BCUT2D eigenvalue weighted by molar-refractivity contribution is 0.0973. The Morgan fingerprint density at radius 1 is 0.905 bits per heavy atom. The van der Waals surface area contributed by atoms with Gasteiger partial charge in [0.25, 0.3) is 0 Å². The molecule has 1 aliphatic carbocycles. The fraction of sp³-hybridized carbons (Fsp3) is 0.133. The lowest BCUT2D eigenvalue weighted by Crippen LogP contribution is -2.30. The van der Waals surface area contributed by atoms with E-state index in [1.807, 2.05) is 0 Å². The Bertz CT molecular complexity index is 834. The van der Waals surface area contributed by atoms with Crippen LogP contribution in [0.3, 0.4) is 0 Å². The van der Waals surface area contributed by atoms with Crippen molar-refractivity contribution in [3.63, 3.8) is 0 Å². The van der Waals surface area contributed by atoms with Gasteiger partial charge in [-0.05, 0) is 0 Å². The molecule has 0 amide bonds. The van der Waals surface area contributed by atoms with Gasteiger partial charge in [0.2, 0.25) is 22.8 Å². The highest BCUT2D eigenvalue weighted by Gasteiger charge is 2.34. The molecule has 1 aliphatic rings. The van der Waals surface area contributed by atoms with Crippen LogP contribution in [0, 0.1) is 0 Å². The molecule has 2 aromatic rings. The molecule has 1 N–H and O–H groups in total. The number of pyridine rings is 1. The van der Waals surface area contributed by atoms with Crippen molar-refractivity contribution >= 4 is 11.6 Å². The Labute approximate surface area is 119 Å². The van der Waals surface area contributed by atoms with E-state index in [-0.39, 0.29) is 34.0 Å². The molecular formula is C15H11NO5. The summed E-state index contributed by atoms with van der Waals surface area (Å²) in [5, 5.41) is 0. The molecule has 0 saturated carbocycles. The van der Waals surface area contributed by atoms with Crippen molar-refractivity contribution in [3.05, 3.63) is 56.9 Å². The molecule has 106 valence electrons. The highest BCUT2D eigenvalue weighted by atomic mass is 16.5. The molecule has 0 aliphatic heterocycles. The summed E-state index contributed by atoms with van der Waals surface area (Å²) in [6.45, 7) is 0. The van der Waals surface area contributed by atoms with Gasteiger partial charge in [0.15, 0.2) is 5.78 Å². The Kier molecular flexibility index (Phi) is 2.86. The molecule has 1 aromatic heterocycles. The monoisotopic (exact) mass is 285 g/mol. The molecule has 0 unspecified atom stereocenters. The Hall–Kier alpha value is -2.89. The van der Waals surface area contributed by atoms with Crippen LogP contribution >= 0.6 is 0 Å². The van der Waals surface area contributed by atoms with Gasteiger partial charge in [0.05, 0.1) is 14.2 Å². The van der Waals surface area contributed by atoms with Crippen LogP contribution in [0.15, 0.2) is 29.1 Å². The molecule has 3 rings (SSSR count). The molecule has 0 bridgehead atoms. The smallest absolute Gasteiger partial charge is 0.239 e. The molecule has 1 heterocycles. The van der Waals surface area contributed by atoms with Crippen LogP contribution in [0.2, 0.25) is 0 Å². The minimum Gasteiger partial charge on any atom is -0.488 e. The van der Waals surface area contributed by atoms with Crippen LogP contribution in [-0.2, 0) is 0 Å². The Morgan fingerprint density at radius 2 is 1.52 bits per heavy atom. The van der Waals surface area contributed by atoms with E-state index in [1.165, 1.54) is 20.3 Å². The quantitative estimate of drug-likeness (QED) is 0.763. The van der Waals surface area contributed by atoms with Crippen molar-refractivity contribution in [2.24, 2.45) is 0 Å². The summed E-state index contributed by atoms with van der Waals surface area (Å²) in [6.07, 6.45) is 0. The number of aromatic amines is 1. The first-order valence-corrected chi connectivity index (χ1v) is 6.16. The summed E-state index contributed by atoms with van der Waals surface area (Å²) in [5.74, 6) is -1.03. The SMILES string of the molecule is COc1[nH]c2c(c(=O)c1OC)C(=O)c1ccccc1C2=O. The molecule has 1 aromatic carbocycles. The van der Waals surface area contributed by atoms with Crippen LogP contribution in [0.1, 0.15) is 32.0 Å². The van der Waals surface area contributed by atoms with Crippen molar-refractivity contribution in [1.82, 2.24) is 4.98 Å². The summed E-state index contributed by atoms with van der Waals surface area (Å²) in [7, 11) is 2.63. The van der Waals surface area contributed by atoms with Gasteiger partial charge in [0, 0.05) is 11.1 Å². The standard InChI is InChI=1S/C15H11NO5/c1-20-14-13(19)9-10(16-15(14)21-2)12(18)8-6-4-3-5-7(8)11(9)17/h3-6H,1-2H3,(H,16,19). The minimum atomic E-state index is -0.657. The number of methoxy groups -OCH3 is 2. The van der Waals surface area contributed by atoms with E-state index in [1.54, 1.807) is 18.2 Å². The summed E-state index contributed by atoms with van der Waals surface area (Å²) < 4.78 is 9.98. The fourth-order valence-corrected chi connectivity index (χ4v) is 2.43. The van der Waals surface area contributed by atoms with Crippen LogP contribution in [0.4, 0.5) is 0 Å². The van der Waals surface area contributed by atoms with Gasteiger partial charge in [-0.15, -0.1) is 0 Å². The number of carbonyl (C=O) groups is 2. The van der Waals surface area contributed by atoms with E-state index in [9.17, 15) is 14.4 Å². The zero-order valence-corrected chi connectivity index (χ0v) is 11.4. The number of benzene rings is 1. The maximum Gasteiger partial charge on any atom is 0.239 e. The molecule has 6 nitrogen and oxygen atoms in total. The number of carbonyl (C=O) groups excluding carboxylic acids is 2. The normalized spacial score (nSPS) is 12.7. The van der Waals surface area contributed by atoms with Gasteiger partial charge < -0.3 is 14.5 Å². The number of H-pyrrole nitrogens is 1. The number of hydrogen-bond acceptors (Lipinski definition) is 5. The van der Waals surface area contributed by atoms with Gasteiger partial charge in [-0.1, -0.05) is 24.3 Å². The molecule has 0 saturated heterocycles. The number of nitrogens with one attached hydrogen (secondary N) is 1. The summed E-state index contributed by atoms with van der Waals surface area (Å²) >= 11 is 0. The van der Waals surface area contributed by atoms with Gasteiger partial charge in [0.1, 0.15) is 11.3 Å². The van der Waals surface area contributed by atoms with Gasteiger partial charge in [-0.3, -0.25) is 14.4 Å². The molecule has 0 spiro atoms. The van der Waals surface area contributed by atoms with Crippen molar-refractivity contribution in [3.8, 4) is 11.6 Å². The molecule has 0 atom stereocenters. The predicted octanol–water partition coefficient (Wildman–Crippen LogP) is 1.17. The average Bonchev–Trinajstić information content (AvgIpc) is 2.51. The van der Waals surface area contributed by atoms with E-state index in [0.717, 1.165) is 0 Å². The molecular weight excluding hydrogens is 274 g/mol. The van der Waals surface area contributed by atoms with E-state index >= 15 is 0 Å². The average molecular weight is 285 g/mol. The number of fused-ring (bicyclic) bond motifs is 2. The second kappa shape index (κ2) is 4.59. The van der Waals surface area contributed by atoms with Crippen molar-refractivity contribution in [2.75, 3.05) is 14.2 Å². The predicted molar refractivity (Wildman–Crippen MR) is 73.5 cm³/mol. The van der Waals surface area contributed by atoms with Crippen molar-refractivity contribution in [1.29, 1.82) is 0 Å². The summed E-state index contributed by atoms with van der Waals surface area (Å²) in [6, 6.07) is 6.38. The third-order valence-electron chi connectivity index (χ3n) is 3.41. The van der Waals surface area contributed by atoms with Gasteiger partial charge in [-0.25, -0.2) is 0 Å². The lowest BCUT2D eigenvalue weighted by atomic mass is 9.87. The van der Waals surface area contributed by atoms with Crippen LogP contribution in [0.5, 0.6) is 11.6 Å². The highest BCUT2D eigenvalue weighted by molar-refractivity contribution is 6.27. The zero-order chi connectivity index (χ0) is 15.1. The van der Waals surface area contributed by atoms with Crippen molar-refractivity contribution in [2.45, 2.75) is 0 Å². The molecule has 6 heteroatoms. The number of rotatable bonds is 2. The lowest BCUT2D eigenvalue weighted by Gasteiger charge is -2.18. The molecule has 21 heavy (non-hydrogen) atoms. The Morgan fingerprint density at radius 3 is 2.10 bits per heavy atom. The third-order valence-corrected chi connectivity index (χ3v) is 3.41. The number of ether oxygens (including phenoxy) is 2. The van der Waals surface area contributed by atoms with E-state index in [0.29, 0.717) is 0 Å². The summed E-state index contributed by atoms with van der Waals surface area (Å²) in [4.78, 5) is 40.0. The second-order valence-electron chi connectivity index (χ2n) is 4.47. The first kappa shape index (κ1) is 13.1. The van der Waals surface area contributed by atoms with Crippen LogP contribution in [0.25, 0.3) is 0 Å². The minimum absolute atomic E-state index is 0.0155. The number of aromatic nitrogens is 1. The topological polar surface area (TPSA) is 85.5 Å². The van der Waals surface area contributed by atoms with Gasteiger partial charge >= 0.3 is 0 Å². The first-order chi connectivity index (χ1) is 10.1. The van der Waals surface area contributed by atoms with E-state index < -0.39 is 17.0 Å². The third kappa shape index (κ3) is 1.69. The first-order valence-electron chi connectivity index (χ1n) is 6.16. The number of hydrogen-bond donors (Lipinski definition) is 1.